The highest BCUT2D eigenvalue weighted by Crippen LogP contribution is 2.30. The summed E-state index contributed by atoms with van der Waals surface area (Å²) >= 11 is 0. The summed E-state index contributed by atoms with van der Waals surface area (Å²) in [6, 6.07) is 3.57. The highest BCUT2D eigenvalue weighted by atomic mass is 19.1. The van der Waals surface area contributed by atoms with Crippen molar-refractivity contribution < 1.29 is 14.1 Å². The number of hydrogen-bond donors (Lipinski definition) is 1. The number of hydrogen-bond acceptors (Lipinski definition) is 6. The first-order chi connectivity index (χ1) is 9.51. The molecule has 0 saturated heterocycles. The van der Waals surface area contributed by atoms with Gasteiger partial charge in [0.25, 0.3) is 5.69 Å². The second-order valence-corrected chi connectivity index (χ2v) is 3.92. The summed E-state index contributed by atoms with van der Waals surface area (Å²) in [6.45, 7) is 1.50. The fourth-order valence-corrected chi connectivity index (χ4v) is 1.56. The molecule has 0 aliphatic heterocycles. The number of rotatable bonds is 4. The van der Waals surface area contributed by atoms with E-state index in [1.807, 2.05) is 0 Å². The molecular formula is C12H11FN4O3. The van der Waals surface area contributed by atoms with E-state index in [1.165, 1.54) is 25.4 Å². The summed E-state index contributed by atoms with van der Waals surface area (Å²) in [4.78, 5) is 17.8. The minimum absolute atomic E-state index is 0.131. The number of benzene rings is 1. The van der Waals surface area contributed by atoms with Crippen LogP contribution in [0.5, 0.6) is 11.6 Å². The minimum atomic E-state index is -0.827. The Morgan fingerprint density at radius 2 is 2.10 bits per heavy atom. The van der Waals surface area contributed by atoms with Crippen LogP contribution in [0.25, 0.3) is 0 Å². The molecule has 7 nitrogen and oxygen atoms in total. The zero-order valence-corrected chi connectivity index (χ0v) is 10.8. The van der Waals surface area contributed by atoms with Crippen LogP contribution in [0.2, 0.25) is 0 Å². The Labute approximate surface area is 113 Å². The van der Waals surface area contributed by atoms with Crippen molar-refractivity contribution in [3.8, 4) is 11.6 Å². The van der Waals surface area contributed by atoms with Crippen LogP contribution in [0.15, 0.2) is 24.5 Å². The van der Waals surface area contributed by atoms with E-state index in [4.69, 9.17) is 4.74 Å². The number of nitro benzene ring substituents is 1. The fourth-order valence-electron chi connectivity index (χ4n) is 1.56. The number of aryl methyl sites for hydroxylation is 1. The number of nitrogens with zero attached hydrogens (tertiary/aromatic N) is 3. The number of halogens is 1. The summed E-state index contributed by atoms with van der Waals surface area (Å²) in [6.07, 6.45) is 1.26. The Bertz CT molecular complexity index is 663. The van der Waals surface area contributed by atoms with Crippen molar-refractivity contribution in [2.45, 2.75) is 6.92 Å². The average Bonchev–Trinajstić information content (AvgIpc) is 2.42. The molecule has 8 heteroatoms. The van der Waals surface area contributed by atoms with Gasteiger partial charge in [-0.15, -0.1) is 0 Å². The van der Waals surface area contributed by atoms with Crippen LogP contribution < -0.4 is 10.1 Å². The maximum atomic E-state index is 13.8. The molecule has 0 unspecified atom stereocenters. The van der Waals surface area contributed by atoms with E-state index in [0.29, 0.717) is 11.4 Å². The Kier molecular flexibility index (Phi) is 3.74. The van der Waals surface area contributed by atoms with E-state index in [-0.39, 0.29) is 17.3 Å². The number of nitro groups is 1. The quantitative estimate of drug-likeness (QED) is 0.683. The molecule has 0 aliphatic carbocycles. The summed E-state index contributed by atoms with van der Waals surface area (Å²) < 4.78 is 19.0. The molecule has 0 spiro atoms. The summed E-state index contributed by atoms with van der Waals surface area (Å²) in [5, 5.41) is 13.5. The zero-order valence-electron chi connectivity index (χ0n) is 10.8. The van der Waals surface area contributed by atoms with Gasteiger partial charge in [-0.25, -0.2) is 14.4 Å². The molecule has 1 aromatic carbocycles. The van der Waals surface area contributed by atoms with Crippen molar-refractivity contribution in [1.29, 1.82) is 0 Å². The smallest absolute Gasteiger partial charge is 0.275 e. The molecule has 0 atom stereocenters. The lowest BCUT2D eigenvalue weighted by Gasteiger charge is -2.08. The molecule has 2 rings (SSSR count). The Hall–Kier alpha value is -2.77. The van der Waals surface area contributed by atoms with Gasteiger partial charge in [-0.3, -0.25) is 10.1 Å². The normalized spacial score (nSPS) is 10.2. The second-order valence-electron chi connectivity index (χ2n) is 3.92. The van der Waals surface area contributed by atoms with E-state index in [2.05, 4.69) is 15.3 Å². The first kappa shape index (κ1) is 13.7. The van der Waals surface area contributed by atoms with Crippen molar-refractivity contribution in [3.63, 3.8) is 0 Å². The van der Waals surface area contributed by atoms with Crippen LogP contribution in [-0.4, -0.2) is 21.9 Å². The molecule has 1 N–H and O–H groups in total. The van der Waals surface area contributed by atoms with Gasteiger partial charge in [-0.1, -0.05) is 0 Å². The van der Waals surface area contributed by atoms with Gasteiger partial charge in [0, 0.05) is 18.7 Å². The molecule has 0 amide bonds. The van der Waals surface area contributed by atoms with Crippen LogP contribution in [0, 0.1) is 22.9 Å². The highest BCUT2D eigenvalue weighted by molar-refractivity contribution is 5.47. The predicted molar refractivity (Wildman–Crippen MR) is 69.4 cm³/mol. The number of nitrogens with one attached hydrogen (secondary N) is 1. The predicted octanol–water partition coefficient (Wildman–Crippen LogP) is 2.67. The van der Waals surface area contributed by atoms with Crippen LogP contribution in [0.1, 0.15) is 5.56 Å². The minimum Gasteiger partial charge on any atom is -0.436 e. The SMILES string of the molecule is CNc1cc(Oc2cc(C)c([N+](=O)[O-])cc2F)ncn1. The van der Waals surface area contributed by atoms with Gasteiger partial charge < -0.3 is 10.1 Å². The first-order valence-corrected chi connectivity index (χ1v) is 5.63. The van der Waals surface area contributed by atoms with E-state index < -0.39 is 10.7 Å². The van der Waals surface area contributed by atoms with Gasteiger partial charge in [0.15, 0.2) is 11.6 Å². The largest absolute Gasteiger partial charge is 0.436 e. The first-order valence-electron chi connectivity index (χ1n) is 5.63. The third kappa shape index (κ3) is 2.79. The third-order valence-corrected chi connectivity index (χ3v) is 2.56. The molecular weight excluding hydrogens is 267 g/mol. The standard InChI is InChI=1S/C12H11FN4O3/c1-7-3-10(8(13)4-9(7)17(18)19)20-12-5-11(14-2)15-6-16-12/h3-6H,1-2H3,(H,14,15,16). The van der Waals surface area contributed by atoms with E-state index in [1.54, 1.807) is 7.05 Å². The van der Waals surface area contributed by atoms with Crippen molar-refractivity contribution >= 4 is 11.5 Å². The van der Waals surface area contributed by atoms with Gasteiger partial charge in [0.1, 0.15) is 12.1 Å². The van der Waals surface area contributed by atoms with E-state index in [9.17, 15) is 14.5 Å². The number of anilines is 1. The lowest BCUT2D eigenvalue weighted by Crippen LogP contribution is -1.98. The topological polar surface area (TPSA) is 90.2 Å². The molecule has 0 aliphatic rings. The monoisotopic (exact) mass is 278 g/mol. The highest BCUT2D eigenvalue weighted by Gasteiger charge is 2.17. The molecule has 20 heavy (non-hydrogen) atoms. The van der Waals surface area contributed by atoms with Gasteiger partial charge in [0.2, 0.25) is 5.88 Å². The second kappa shape index (κ2) is 5.47. The molecule has 1 aromatic heterocycles. The van der Waals surface area contributed by atoms with Gasteiger partial charge in [-0.05, 0) is 13.0 Å². The average molecular weight is 278 g/mol. The molecule has 1 heterocycles. The molecule has 0 bridgehead atoms. The lowest BCUT2D eigenvalue weighted by atomic mass is 10.2. The summed E-state index contributed by atoms with van der Waals surface area (Å²) in [5.74, 6) is -0.314. The lowest BCUT2D eigenvalue weighted by molar-refractivity contribution is -0.385. The van der Waals surface area contributed by atoms with Crippen molar-refractivity contribution in [2.75, 3.05) is 12.4 Å². The van der Waals surface area contributed by atoms with Crippen molar-refractivity contribution in [2.24, 2.45) is 0 Å². The molecule has 0 radical (unpaired) electrons. The molecule has 104 valence electrons. The van der Waals surface area contributed by atoms with Crippen LogP contribution in [0.3, 0.4) is 0 Å². The fraction of sp³-hybridized carbons (Fsp3) is 0.167. The third-order valence-electron chi connectivity index (χ3n) is 2.56. The maximum absolute atomic E-state index is 13.8. The van der Waals surface area contributed by atoms with Crippen molar-refractivity contribution in [1.82, 2.24) is 9.97 Å². The summed E-state index contributed by atoms with van der Waals surface area (Å²) in [7, 11) is 1.67. The Balaban J connectivity index is 2.34. The zero-order chi connectivity index (χ0) is 14.7. The molecule has 0 fully saturated rings. The number of ether oxygens (including phenoxy) is 1. The Morgan fingerprint density at radius 3 is 2.75 bits per heavy atom. The molecule has 0 saturated carbocycles. The van der Waals surface area contributed by atoms with E-state index in [0.717, 1.165) is 6.07 Å². The molecule has 2 aromatic rings. The van der Waals surface area contributed by atoms with Crippen LogP contribution in [0.4, 0.5) is 15.9 Å². The van der Waals surface area contributed by atoms with Crippen LogP contribution >= 0.6 is 0 Å². The Morgan fingerprint density at radius 1 is 1.35 bits per heavy atom. The van der Waals surface area contributed by atoms with Gasteiger partial charge in [0.05, 0.1) is 11.0 Å². The van der Waals surface area contributed by atoms with Gasteiger partial charge >= 0.3 is 0 Å². The van der Waals surface area contributed by atoms with Crippen LogP contribution in [-0.2, 0) is 0 Å². The number of aromatic nitrogens is 2. The van der Waals surface area contributed by atoms with Crippen molar-refractivity contribution in [3.05, 3.63) is 46.0 Å². The van der Waals surface area contributed by atoms with E-state index >= 15 is 0 Å². The summed E-state index contributed by atoms with van der Waals surface area (Å²) in [5.41, 5.74) is 0.00254. The van der Waals surface area contributed by atoms with Gasteiger partial charge in [-0.2, -0.15) is 0 Å². The maximum Gasteiger partial charge on any atom is 0.275 e.